The molecule has 0 amide bonds. The molecule has 100 valence electrons. The number of methoxy groups -OCH3 is 1. The van der Waals surface area contributed by atoms with Crippen LogP contribution in [0.3, 0.4) is 0 Å². The molecule has 1 aliphatic rings. The minimum atomic E-state index is -4.30. The maximum Gasteiger partial charge on any atom is 0.416 e. The van der Waals surface area contributed by atoms with Gasteiger partial charge in [-0.1, -0.05) is 13.0 Å². The molecule has 0 aliphatic carbocycles. The van der Waals surface area contributed by atoms with Crippen LogP contribution < -0.4 is 5.32 Å². The fourth-order valence-electron chi connectivity index (χ4n) is 2.40. The van der Waals surface area contributed by atoms with E-state index in [1.807, 2.05) is 6.92 Å². The highest BCUT2D eigenvalue weighted by molar-refractivity contribution is 5.60. The number of rotatable bonds is 3. The fourth-order valence-corrected chi connectivity index (χ4v) is 2.40. The van der Waals surface area contributed by atoms with Crippen LogP contribution >= 0.6 is 0 Å². The van der Waals surface area contributed by atoms with E-state index in [1.54, 1.807) is 13.2 Å². The molecule has 5 heteroatoms. The Bertz CT molecular complexity index is 444. The first kappa shape index (κ1) is 13.2. The summed E-state index contributed by atoms with van der Waals surface area (Å²) in [5.41, 5.74) is 0.602. The lowest BCUT2D eigenvalue weighted by Crippen LogP contribution is -2.40. The van der Waals surface area contributed by atoms with Crippen LogP contribution in [-0.4, -0.2) is 19.3 Å². The first-order valence-corrected chi connectivity index (χ1v) is 5.87. The summed E-state index contributed by atoms with van der Waals surface area (Å²) in [4.78, 5) is 0. The van der Waals surface area contributed by atoms with Crippen LogP contribution in [-0.2, 0) is 17.3 Å². The number of alkyl halides is 3. The summed E-state index contributed by atoms with van der Waals surface area (Å²) in [6.07, 6.45) is -2.79. The molecule has 0 bridgehead atoms. The highest BCUT2D eigenvalue weighted by atomic mass is 19.4. The van der Waals surface area contributed by atoms with E-state index in [-0.39, 0.29) is 5.54 Å². The van der Waals surface area contributed by atoms with Crippen LogP contribution in [0.15, 0.2) is 18.2 Å². The van der Waals surface area contributed by atoms with E-state index in [0.717, 1.165) is 18.1 Å². The summed E-state index contributed by atoms with van der Waals surface area (Å²) in [5.74, 6) is 0. The summed E-state index contributed by atoms with van der Waals surface area (Å²) in [7, 11) is 1.60. The lowest BCUT2D eigenvalue weighted by molar-refractivity contribution is -0.137. The van der Waals surface area contributed by atoms with Gasteiger partial charge >= 0.3 is 6.18 Å². The maximum atomic E-state index is 12.6. The Morgan fingerprint density at radius 1 is 1.39 bits per heavy atom. The van der Waals surface area contributed by atoms with Crippen molar-refractivity contribution in [2.24, 2.45) is 0 Å². The molecule has 1 N–H and O–H groups in total. The zero-order valence-corrected chi connectivity index (χ0v) is 10.4. The second-order valence-corrected chi connectivity index (χ2v) is 4.74. The van der Waals surface area contributed by atoms with Gasteiger partial charge in [-0.2, -0.15) is 13.2 Å². The molecule has 2 nitrogen and oxygen atoms in total. The molecule has 0 fully saturated rings. The number of fused-ring (bicyclic) bond motifs is 1. The molecule has 0 radical (unpaired) electrons. The van der Waals surface area contributed by atoms with E-state index in [9.17, 15) is 13.2 Å². The Labute approximate surface area is 104 Å². The van der Waals surface area contributed by atoms with Crippen molar-refractivity contribution in [1.82, 2.24) is 0 Å². The predicted molar refractivity (Wildman–Crippen MR) is 63.7 cm³/mol. The van der Waals surface area contributed by atoms with Crippen molar-refractivity contribution in [3.8, 4) is 0 Å². The third kappa shape index (κ3) is 2.32. The predicted octanol–water partition coefficient (Wildman–Crippen LogP) is 3.47. The van der Waals surface area contributed by atoms with Crippen LogP contribution in [0.2, 0.25) is 0 Å². The van der Waals surface area contributed by atoms with Crippen LogP contribution in [0.4, 0.5) is 18.9 Å². The van der Waals surface area contributed by atoms with Gasteiger partial charge in [0.25, 0.3) is 0 Å². The van der Waals surface area contributed by atoms with E-state index >= 15 is 0 Å². The normalized spacial score (nSPS) is 22.7. The zero-order valence-electron chi connectivity index (χ0n) is 10.4. The highest BCUT2D eigenvalue weighted by Crippen LogP contribution is 2.39. The molecule has 1 atom stereocenters. The Morgan fingerprint density at radius 3 is 2.67 bits per heavy atom. The molecule has 1 aromatic rings. The molecule has 1 aliphatic heterocycles. The number of nitrogens with one attached hydrogen (secondary N) is 1. The maximum absolute atomic E-state index is 12.6. The van der Waals surface area contributed by atoms with Crippen LogP contribution in [0.5, 0.6) is 0 Å². The minimum absolute atomic E-state index is 0.276. The standard InChI is InChI=1S/C13H16F3NO/c1-3-12(8-18-2)7-9-4-5-10(13(14,15)16)6-11(9)17-12/h4-6,17H,3,7-8H2,1-2H3. The number of anilines is 1. The topological polar surface area (TPSA) is 21.3 Å². The van der Waals surface area contributed by atoms with Gasteiger partial charge in [0.1, 0.15) is 0 Å². The SMILES string of the molecule is CCC1(COC)Cc2ccc(C(F)(F)F)cc2N1. The Morgan fingerprint density at radius 2 is 2.11 bits per heavy atom. The highest BCUT2D eigenvalue weighted by Gasteiger charge is 2.37. The third-order valence-corrected chi connectivity index (χ3v) is 3.46. The van der Waals surface area contributed by atoms with Crippen molar-refractivity contribution in [2.45, 2.75) is 31.5 Å². The van der Waals surface area contributed by atoms with Gasteiger partial charge in [-0.15, -0.1) is 0 Å². The Hall–Kier alpha value is -1.23. The van der Waals surface area contributed by atoms with E-state index < -0.39 is 11.7 Å². The van der Waals surface area contributed by atoms with Crippen molar-refractivity contribution < 1.29 is 17.9 Å². The van der Waals surface area contributed by atoms with Gasteiger partial charge in [0.15, 0.2) is 0 Å². The van der Waals surface area contributed by atoms with Crippen LogP contribution in [0, 0.1) is 0 Å². The van der Waals surface area contributed by atoms with Gasteiger partial charge in [-0.05, 0) is 30.5 Å². The molecule has 0 spiro atoms. The summed E-state index contributed by atoms with van der Waals surface area (Å²) in [6, 6.07) is 3.87. The molecule has 0 saturated carbocycles. The Kier molecular flexibility index (Phi) is 3.27. The molecule has 18 heavy (non-hydrogen) atoms. The molecular formula is C13H16F3NO. The number of benzene rings is 1. The van der Waals surface area contributed by atoms with E-state index in [2.05, 4.69) is 5.32 Å². The van der Waals surface area contributed by atoms with Gasteiger partial charge in [0.05, 0.1) is 17.7 Å². The zero-order chi connectivity index (χ0) is 13.4. The average Bonchev–Trinajstić information content (AvgIpc) is 2.66. The molecule has 0 aromatic heterocycles. The van der Waals surface area contributed by atoms with Crippen molar-refractivity contribution in [3.05, 3.63) is 29.3 Å². The lowest BCUT2D eigenvalue weighted by Gasteiger charge is -2.27. The van der Waals surface area contributed by atoms with Gasteiger partial charge in [-0.3, -0.25) is 0 Å². The smallest absolute Gasteiger partial charge is 0.382 e. The number of hydrogen-bond acceptors (Lipinski definition) is 2. The molecule has 2 rings (SSSR count). The van der Waals surface area contributed by atoms with Crippen molar-refractivity contribution in [1.29, 1.82) is 0 Å². The fraction of sp³-hybridized carbons (Fsp3) is 0.538. The van der Waals surface area contributed by atoms with E-state index in [1.165, 1.54) is 6.07 Å². The van der Waals surface area contributed by atoms with E-state index in [4.69, 9.17) is 4.74 Å². The first-order valence-electron chi connectivity index (χ1n) is 5.87. The number of ether oxygens (including phenoxy) is 1. The third-order valence-electron chi connectivity index (χ3n) is 3.46. The van der Waals surface area contributed by atoms with Gasteiger partial charge in [0, 0.05) is 12.8 Å². The van der Waals surface area contributed by atoms with E-state index in [0.29, 0.717) is 18.7 Å². The summed E-state index contributed by atoms with van der Waals surface area (Å²) < 4.78 is 43.0. The summed E-state index contributed by atoms with van der Waals surface area (Å²) in [6.45, 7) is 2.49. The van der Waals surface area contributed by atoms with Crippen molar-refractivity contribution in [2.75, 3.05) is 19.0 Å². The summed E-state index contributed by atoms with van der Waals surface area (Å²) >= 11 is 0. The Balaban J connectivity index is 2.30. The molecule has 1 unspecified atom stereocenters. The van der Waals surface area contributed by atoms with Gasteiger partial charge in [-0.25, -0.2) is 0 Å². The summed E-state index contributed by atoms with van der Waals surface area (Å²) in [5, 5.41) is 3.19. The molecule has 0 saturated heterocycles. The second-order valence-electron chi connectivity index (χ2n) is 4.74. The monoisotopic (exact) mass is 259 g/mol. The first-order chi connectivity index (χ1) is 8.40. The number of halogens is 3. The largest absolute Gasteiger partial charge is 0.416 e. The minimum Gasteiger partial charge on any atom is -0.382 e. The molecular weight excluding hydrogens is 243 g/mol. The average molecular weight is 259 g/mol. The second kappa shape index (κ2) is 4.46. The van der Waals surface area contributed by atoms with Crippen LogP contribution in [0.1, 0.15) is 24.5 Å². The number of hydrogen-bond donors (Lipinski definition) is 1. The molecule has 1 aromatic carbocycles. The lowest BCUT2D eigenvalue weighted by atomic mass is 9.93. The quantitative estimate of drug-likeness (QED) is 0.897. The molecule has 1 heterocycles. The van der Waals surface area contributed by atoms with Crippen molar-refractivity contribution >= 4 is 5.69 Å². The van der Waals surface area contributed by atoms with Gasteiger partial charge in [0.2, 0.25) is 0 Å². The van der Waals surface area contributed by atoms with Crippen molar-refractivity contribution in [3.63, 3.8) is 0 Å². The van der Waals surface area contributed by atoms with Gasteiger partial charge < -0.3 is 10.1 Å². The van der Waals surface area contributed by atoms with Crippen LogP contribution in [0.25, 0.3) is 0 Å².